The normalized spacial score (nSPS) is 11.4. The van der Waals surface area contributed by atoms with Crippen molar-refractivity contribution in [3.8, 4) is 11.1 Å². The molecule has 2 rings (SSSR count). The molecule has 0 saturated carbocycles. The lowest BCUT2D eigenvalue weighted by Crippen LogP contribution is -2.26. The van der Waals surface area contributed by atoms with Gasteiger partial charge in [0.1, 0.15) is 12.5 Å². The average molecular weight is 378 g/mol. The van der Waals surface area contributed by atoms with Crippen LogP contribution in [0.15, 0.2) is 35.3 Å². The van der Waals surface area contributed by atoms with Crippen LogP contribution in [-0.2, 0) is 16.2 Å². The van der Waals surface area contributed by atoms with Gasteiger partial charge in [-0.15, -0.1) is 0 Å². The number of hydrogen-bond acceptors (Lipinski definition) is 5. The summed E-state index contributed by atoms with van der Waals surface area (Å²) < 4.78 is 24.8. The molecule has 26 heavy (non-hydrogen) atoms. The highest BCUT2D eigenvalue weighted by atomic mass is 28.3. The van der Waals surface area contributed by atoms with Crippen LogP contribution < -0.4 is 5.43 Å². The Morgan fingerprint density at radius 3 is 2.46 bits per heavy atom. The lowest BCUT2D eigenvalue weighted by atomic mass is 10.1. The Morgan fingerprint density at radius 2 is 1.88 bits per heavy atom. The first-order valence-corrected chi connectivity index (χ1v) is 12.0. The number of benzene rings is 1. The molecule has 140 valence electrons. The van der Waals surface area contributed by atoms with Gasteiger partial charge in [0.2, 0.25) is 11.1 Å². The molecule has 6 nitrogen and oxygen atoms in total. The summed E-state index contributed by atoms with van der Waals surface area (Å²) in [5.74, 6) is -1.24. The third kappa shape index (κ3) is 5.34. The van der Waals surface area contributed by atoms with Crippen LogP contribution in [0.1, 0.15) is 10.5 Å². The molecule has 0 saturated heterocycles. The van der Waals surface area contributed by atoms with Crippen molar-refractivity contribution in [1.82, 2.24) is 9.78 Å². The number of halogens is 1. The summed E-state index contributed by atoms with van der Waals surface area (Å²) in [5, 5.41) is 4.02. The fraction of sp³-hybridized carbons (Fsp3) is 0.389. The van der Waals surface area contributed by atoms with E-state index in [0.29, 0.717) is 12.2 Å². The van der Waals surface area contributed by atoms with Crippen LogP contribution in [-0.4, -0.2) is 37.5 Å². The smallest absolute Gasteiger partial charge is 0.362 e. The molecule has 0 radical (unpaired) electrons. The minimum Gasteiger partial charge on any atom is -0.464 e. The van der Waals surface area contributed by atoms with E-state index in [1.165, 1.54) is 42.3 Å². The van der Waals surface area contributed by atoms with Crippen LogP contribution in [0.25, 0.3) is 11.1 Å². The van der Waals surface area contributed by atoms with Crippen molar-refractivity contribution >= 4 is 14.0 Å². The predicted molar refractivity (Wildman–Crippen MR) is 99.3 cm³/mol. The van der Waals surface area contributed by atoms with Crippen molar-refractivity contribution in [2.75, 3.05) is 13.7 Å². The van der Waals surface area contributed by atoms with Gasteiger partial charge in [0.05, 0.1) is 7.11 Å². The van der Waals surface area contributed by atoms with Crippen molar-refractivity contribution in [2.45, 2.75) is 32.4 Å². The fourth-order valence-electron chi connectivity index (χ4n) is 2.21. The highest BCUT2D eigenvalue weighted by Gasteiger charge is 2.19. The van der Waals surface area contributed by atoms with Gasteiger partial charge in [-0.3, -0.25) is 4.79 Å². The van der Waals surface area contributed by atoms with Crippen molar-refractivity contribution < 1.29 is 18.7 Å². The number of ether oxygens (including phenoxy) is 2. The van der Waals surface area contributed by atoms with Crippen molar-refractivity contribution in [3.63, 3.8) is 0 Å². The van der Waals surface area contributed by atoms with Gasteiger partial charge >= 0.3 is 5.97 Å². The zero-order valence-electron chi connectivity index (χ0n) is 15.4. The number of hydrogen-bond donors (Lipinski definition) is 0. The molecule has 1 aromatic heterocycles. The summed E-state index contributed by atoms with van der Waals surface area (Å²) in [6.45, 7) is 7.41. The van der Waals surface area contributed by atoms with E-state index in [0.717, 1.165) is 6.04 Å². The number of esters is 1. The molecule has 0 aliphatic carbocycles. The lowest BCUT2D eigenvalue weighted by molar-refractivity contribution is 0.0571. The molecule has 0 atom stereocenters. The van der Waals surface area contributed by atoms with E-state index in [1.807, 2.05) is 0 Å². The van der Waals surface area contributed by atoms with E-state index in [1.54, 1.807) is 0 Å². The van der Waals surface area contributed by atoms with Gasteiger partial charge < -0.3 is 9.47 Å². The zero-order valence-corrected chi connectivity index (χ0v) is 16.4. The Balaban J connectivity index is 2.33. The topological polar surface area (TPSA) is 70.4 Å². The summed E-state index contributed by atoms with van der Waals surface area (Å²) in [4.78, 5) is 24.5. The molecule has 1 aromatic carbocycles. The van der Waals surface area contributed by atoms with Crippen LogP contribution in [0.2, 0.25) is 25.7 Å². The molecular weight excluding hydrogens is 355 g/mol. The van der Waals surface area contributed by atoms with Gasteiger partial charge in [0.25, 0.3) is 0 Å². The monoisotopic (exact) mass is 378 g/mol. The van der Waals surface area contributed by atoms with Crippen molar-refractivity contribution in [3.05, 3.63) is 52.2 Å². The summed E-state index contributed by atoms with van der Waals surface area (Å²) in [5.41, 5.74) is -0.182. The van der Waals surface area contributed by atoms with Crippen LogP contribution >= 0.6 is 0 Å². The Kier molecular flexibility index (Phi) is 6.44. The Labute approximate surface area is 152 Å². The van der Waals surface area contributed by atoms with Crippen molar-refractivity contribution in [1.29, 1.82) is 0 Å². The van der Waals surface area contributed by atoms with Gasteiger partial charge in [-0.2, -0.15) is 5.10 Å². The number of carbonyl (C=O) groups excluding carboxylic acids is 1. The summed E-state index contributed by atoms with van der Waals surface area (Å²) >= 11 is 0. The second kappa shape index (κ2) is 8.37. The first-order valence-electron chi connectivity index (χ1n) is 8.25. The third-order valence-electron chi connectivity index (χ3n) is 3.72. The maximum Gasteiger partial charge on any atom is 0.362 e. The quantitative estimate of drug-likeness (QED) is 0.420. The molecule has 0 N–H and O–H groups in total. The first kappa shape index (κ1) is 20.0. The standard InChI is InChI=1S/C18H23FN2O4Si/c1-24-18(23)16-17(22)15(13-5-7-14(19)8-6-13)11-21(20-16)12-25-9-10-26(2,3)4/h5-8,11H,9-10,12H2,1-4H3. The zero-order chi connectivity index (χ0) is 19.3. The highest BCUT2D eigenvalue weighted by Crippen LogP contribution is 2.16. The minimum atomic E-state index is -1.22. The maximum atomic E-state index is 13.2. The number of carbonyl (C=O) groups is 1. The van der Waals surface area contributed by atoms with Crippen molar-refractivity contribution in [2.24, 2.45) is 0 Å². The Bertz CT molecular complexity index is 829. The number of aromatic nitrogens is 2. The van der Waals surface area contributed by atoms with E-state index in [2.05, 4.69) is 29.5 Å². The largest absolute Gasteiger partial charge is 0.464 e. The summed E-state index contributed by atoms with van der Waals surface area (Å²) in [6, 6.07) is 6.44. The molecule has 0 aliphatic heterocycles. The summed E-state index contributed by atoms with van der Waals surface area (Å²) in [6.07, 6.45) is 1.50. The van der Waals surface area contributed by atoms with E-state index in [9.17, 15) is 14.0 Å². The first-order chi connectivity index (χ1) is 12.2. The number of nitrogens with zero attached hydrogens (tertiary/aromatic N) is 2. The molecule has 0 spiro atoms. The van der Waals surface area contributed by atoms with Gasteiger partial charge in [0, 0.05) is 26.4 Å². The maximum absolute atomic E-state index is 13.2. The van der Waals surface area contributed by atoms with Gasteiger partial charge in [0.15, 0.2) is 0 Å². The van der Waals surface area contributed by atoms with Crippen LogP contribution in [0, 0.1) is 5.82 Å². The Hall–Kier alpha value is -2.32. The van der Waals surface area contributed by atoms with E-state index >= 15 is 0 Å². The molecular formula is C18H23FN2O4Si. The molecule has 1 heterocycles. The molecule has 0 unspecified atom stereocenters. The molecule has 8 heteroatoms. The second-order valence-corrected chi connectivity index (χ2v) is 12.7. The van der Waals surface area contributed by atoms with E-state index < -0.39 is 25.3 Å². The SMILES string of the molecule is COC(=O)c1nn(COCC[Si](C)(C)C)cc(-c2ccc(F)cc2)c1=O. The highest BCUT2D eigenvalue weighted by molar-refractivity contribution is 6.76. The molecule has 0 amide bonds. The van der Waals surface area contributed by atoms with Crippen LogP contribution in [0.5, 0.6) is 0 Å². The minimum absolute atomic E-state index is 0.100. The molecule has 0 bridgehead atoms. The molecule has 2 aromatic rings. The van der Waals surface area contributed by atoms with Crippen LogP contribution in [0.4, 0.5) is 4.39 Å². The van der Waals surface area contributed by atoms with Crippen LogP contribution in [0.3, 0.4) is 0 Å². The number of methoxy groups -OCH3 is 1. The summed E-state index contributed by atoms with van der Waals surface area (Å²) in [7, 11) is -0.0388. The molecule has 0 aliphatic rings. The number of rotatable bonds is 7. The predicted octanol–water partition coefficient (Wildman–Crippen LogP) is 3.15. The van der Waals surface area contributed by atoms with E-state index in [-0.39, 0.29) is 18.0 Å². The average Bonchev–Trinajstić information content (AvgIpc) is 2.59. The van der Waals surface area contributed by atoms with Gasteiger partial charge in [-0.1, -0.05) is 31.8 Å². The van der Waals surface area contributed by atoms with Gasteiger partial charge in [-0.25, -0.2) is 13.9 Å². The molecule has 0 fully saturated rings. The lowest BCUT2D eigenvalue weighted by Gasteiger charge is -2.16. The second-order valence-electron chi connectivity index (χ2n) is 7.11. The fourth-order valence-corrected chi connectivity index (χ4v) is 2.96. The van der Waals surface area contributed by atoms with Gasteiger partial charge in [-0.05, 0) is 23.7 Å². The van der Waals surface area contributed by atoms with E-state index in [4.69, 9.17) is 4.74 Å². The Morgan fingerprint density at radius 1 is 1.23 bits per heavy atom. The third-order valence-corrected chi connectivity index (χ3v) is 5.42.